The number of terminal acetylenes is 1. The molecule has 186 valence electrons. The third-order valence-electron chi connectivity index (χ3n) is 6.40. The van der Waals surface area contributed by atoms with Gasteiger partial charge in [0.15, 0.2) is 0 Å². The molecule has 0 saturated heterocycles. The molecular formula is C29H28BrClN2O2S. The Bertz CT molecular complexity index is 1330. The zero-order valence-electron chi connectivity index (χ0n) is 20.5. The van der Waals surface area contributed by atoms with Crippen molar-refractivity contribution in [2.24, 2.45) is 16.3 Å². The van der Waals surface area contributed by atoms with Crippen LogP contribution < -0.4 is 10.1 Å². The zero-order chi connectivity index (χ0) is 25.9. The standard InChI is InChI=1S/C29H28BrClN2O2S/c1-5-14-35-24-13-7-20(30)15-18(24)17-32-28-26(27(34)33-22-10-8-21(31)9-11-22)23-12-6-19(29(2,3)4)16-25(23)36-28/h1,7-11,13,15,17,19H,6,12,14,16H2,2-4H3,(H,33,34)/t19-/m1/s1. The van der Waals surface area contributed by atoms with Crippen LogP contribution in [0.15, 0.2) is 51.9 Å². The molecule has 7 heteroatoms. The third kappa shape index (κ3) is 6.21. The van der Waals surface area contributed by atoms with Crippen LogP contribution in [0.25, 0.3) is 0 Å². The number of fused-ring (bicyclic) bond motifs is 1. The normalized spacial score (nSPS) is 15.4. The first-order valence-corrected chi connectivity index (χ1v) is 13.8. The third-order valence-corrected chi connectivity index (χ3v) is 8.31. The molecule has 1 N–H and O–H groups in total. The van der Waals surface area contributed by atoms with Gasteiger partial charge in [0.1, 0.15) is 17.4 Å². The van der Waals surface area contributed by atoms with Crippen molar-refractivity contribution in [1.82, 2.24) is 0 Å². The van der Waals surface area contributed by atoms with E-state index in [0.717, 1.165) is 34.9 Å². The second-order valence-electron chi connectivity index (χ2n) is 9.88. The van der Waals surface area contributed by atoms with Gasteiger partial charge in [-0.05, 0) is 78.6 Å². The number of rotatable bonds is 6. The second kappa shape index (κ2) is 11.2. The Kier molecular flexibility index (Phi) is 8.24. The van der Waals surface area contributed by atoms with Crippen molar-refractivity contribution >= 4 is 61.7 Å². The van der Waals surface area contributed by atoms with Crippen molar-refractivity contribution in [2.75, 3.05) is 11.9 Å². The zero-order valence-corrected chi connectivity index (χ0v) is 23.7. The van der Waals surface area contributed by atoms with Gasteiger partial charge in [-0.25, -0.2) is 4.99 Å². The Balaban J connectivity index is 1.72. The van der Waals surface area contributed by atoms with Gasteiger partial charge in [-0.3, -0.25) is 4.79 Å². The minimum atomic E-state index is -0.158. The molecule has 1 atom stereocenters. The molecule has 2 aromatic carbocycles. The Hall–Kier alpha value is -2.59. The minimum absolute atomic E-state index is 0.158. The van der Waals surface area contributed by atoms with Gasteiger partial charge in [0, 0.05) is 31.8 Å². The lowest BCUT2D eigenvalue weighted by Crippen LogP contribution is -2.27. The molecule has 1 aliphatic rings. The second-order valence-corrected chi connectivity index (χ2v) is 12.3. The van der Waals surface area contributed by atoms with Crippen molar-refractivity contribution in [3.05, 3.63) is 73.5 Å². The average molecular weight is 584 g/mol. The van der Waals surface area contributed by atoms with Crippen LogP contribution in [0.5, 0.6) is 5.75 Å². The Morgan fingerprint density at radius 1 is 1.31 bits per heavy atom. The summed E-state index contributed by atoms with van der Waals surface area (Å²) in [7, 11) is 0. The Morgan fingerprint density at radius 2 is 2.06 bits per heavy atom. The number of hydrogen-bond donors (Lipinski definition) is 1. The molecule has 0 radical (unpaired) electrons. The quantitative estimate of drug-likeness (QED) is 0.234. The molecular weight excluding hydrogens is 556 g/mol. The Morgan fingerprint density at radius 3 is 2.75 bits per heavy atom. The molecule has 3 aromatic rings. The molecule has 4 rings (SSSR count). The van der Waals surface area contributed by atoms with Crippen LogP contribution >= 0.6 is 38.9 Å². The van der Waals surface area contributed by atoms with E-state index in [2.05, 4.69) is 47.9 Å². The van der Waals surface area contributed by atoms with E-state index in [1.165, 1.54) is 4.88 Å². The highest BCUT2D eigenvalue weighted by molar-refractivity contribution is 9.10. The monoisotopic (exact) mass is 582 g/mol. The number of anilines is 1. The first-order valence-electron chi connectivity index (χ1n) is 11.8. The molecule has 4 nitrogen and oxygen atoms in total. The maximum atomic E-state index is 13.5. The molecule has 1 aromatic heterocycles. The fourth-order valence-corrected chi connectivity index (χ4v) is 6.14. The van der Waals surface area contributed by atoms with Gasteiger partial charge in [-0.2, -0.15) is 0 Å². The predicted octanol–water partition coefficient (Wildman–Crippen LogP) is 8.33. The van der Waals surface area contributed by atoms with Crippen LogP contribution in [0.1, 0.15) is 53.6 Å². The van der Waals surface area contributed by atoms with Gasteiger partial charge in [0.25, 0.3) is 5.91 Å². The van der Waals surface area contributed by atoms with Gasteiger partial charge in [0.05, 0.1) is 5.56 Å². The fourth-order valence-electron chi connectivity index (χ4n) is 4.36. The number of amides is 1. The molecule has 0 bridgehead atoms. The summed E-state index contributed by atoms with van der Waals surface area (Å²) in [5.41, 5.74) is 3.44. The van der Waals surface area contributed by atoms with Gasteiger partial charge >= 0.3 is 0 Å². The van der Waals surface area contributed by atoms with Crippen LogP contribution in [-0.4, -0.2) is 18.7 Å². The summed E-state index contributed by atoms with van der Waals surface area (Å²) >= 11 is 11.1. The molecule has 1 amide bonds. The highest BCUT2D eigenvalue weighted by Gasteiger charge is 2.33. The van der Waals surface area contributed by atoms with Gasteiger partial charge in [-0.15, -0.1) is 17.8 Å². The lowest BCUT2D eigenvalue weighted by Gasteiger charge is -2.33. The number of nitrogens with zero attached hydrogens (tertiary/aromatic N) is 1. The number of hydrogen-bond acceptors (Lipinski definition) is 4. The van der Waals surface area contributed by atoms with Gasteiger partial charge < -0.3 is 10.1 Å². The van der Waals surface area contributed by atoms with E-state index in [-0.39, 0.29) is 17.9 Å². The number of aliphatic imine (C=N–C) groups is 1. The van der Waals surface area contributed by atoms with Crippen LogP contribution in [0.2, 0.25) is 5.02 Å². The highest BCUT2D eigenvalue weighted by Crippen LogP contribution is 2.45. The van der Waals surface area contributed by atoms with Crippen molar-refractivity contribution in [2.45, 2.75) is 40.0 Å². The van der Waals surface area contributed by atoms with Gasteiger partial charge in [0.2, 0.25) is 0 Å². The summed E-state index contributed by atoms with van der Waals surface area (Å²) in [5.74, 6) is 3.53. The van der Waals surface area contributed by atoms with Crippen LogP contribution in [0.4, 0.5) is 10.7 Å². The van der Waals surface area contributed by atoms with Crippen molar-refractivity contribution < 1.29 is 9.53 Å². The summed E-state index contributed by atoms with van der Waals surface area (Å²) < 4.78 is 6.59. The molecule has 1 heterocycles. The van der Waals surface area contributed by atoms with Crippen molar-refractivity contribution in [1.29, 1.82) is 0 Å². The first-order chi connectivity index (χ1) is 17.2. The van der Waals surface area contributed by atoms with E-state index in [1.54, 1.807) is 41.8 Å². The van der Waals surface area contributed by atoms with Crippen LogP contribution in [0.3, 0.4) is 0 Å². The van der Waals surface area contributed by atoms with E-state index in [0.29, 0.717) is 32.9 Å². The Labute approximate surface area is 230 Å². The molecule has 0 saturated carbocycles. The maximum absolute atomic E-state index is 13.5. The van der Waals surface area contributed by atoms with E-state index >= 15 is 0 Å². The maximum Gasteiger partial charge on any atom is 0.259 e. The van der Waals surface area contributed by atoms with Crippen molar-refractivity contribution in [3.8, 4) is 18.1 Å². The predicted molar refractivity (Wildman–Crippen MR) is 154 cm³/mol. The van der Waals surface area contributed by atoms with Gasteiger partial charge in [-0.1, -0.05) is 54.2 Å². The topological polar surface area (TPSA) is 50.7 Å². The molecule has 0 fully saturated rings. The highest BCUT2D eigenvalue weighted by atomic mass is 79.9. The number of benzene rings is 2. The van der Waals surface area contributed by atoms with E-state index in [4.69, 9.17) is 27.8 Å². The number of nitrogens with one attached hydrogen (secondary N) is 1. The number of ether oxygens (including phenoxy) is 1. The lowest BCUT2D eigenvalue weighted by molar-refractivity contribution is 0.102. The molecule has 0 aliphatic heterocycles. The summed E-state index contributed by atoms with van der Waals surface area (Å²) in [6, 6.07) is 12.8. The van der Waals surface area contributed by atoms with E-state index < -0.39 is 0 Å². The van der Waals surface area contributed by atoms with E-state index in [9.17, 15) is 4.79 Å². The number of halogens is 2. The van der Waals surface area contributed by atoms with Crippen molar-refractivity contribution in [3.63, 3.8) is 0 Å². The summed E-state index contributed by atoms with van der Waals surface area (Å²) in [6.45, 7) is 7.02. The molecule has 0 unspecified atom stereocenters. The minimum Gasteiger partial charge on any atom is -0.480 e. The van der Waals surface area contributed by atoms with Crippen LogP contribution in [0, 0.1) is 23.7 Å². The van der Waals surface area contributed by atoms with Crippen LogP contribution in [-0.2, 0) is 12.8 Å². The molecule has 36 heavy (non-hydrogen) atoms. The first kappa shape index (κ1) is 26.5. The fraction of sp³-hybridized carbons (Fsp3) is 0.310. The summed E-state index contributed by atoms with van der Waals surface area (Å²) in [5, 5.41) is 4.35. The molecule has 0 spiro atoms. The lowest BCUT2D eigenvalue weighted by atomic mass is 9.72. The smallest absolute Gasteiger partial charge is 0.259 e. The number of carbonyl (C=O) groups excluding carboxylic acids is 1. The summed E-state index contributed by atoms with van der Waals surface area (Å²) in [6.07, 6.45) is 9.98. The molecule has 1 aliphatic carbocycles. The number of carbonyl (C=O) groups is 1. The SMILES string of the molecule is C#CCOc1ccc(Br)cc1C=Nc1sc2c(c1C(=O)Nc1ccc(Cl)cc1)CC[C@@H](C(C)(C)C)C2. The summed E-state index contributed by atoms with van der Waals surface area (Å²) in [4.78, 5) is 19.6. The average Bonchev–Trinajstić information content (AvgIpc) is 3.21. The largest absolute Gasteiger partial charge is 0.480 e. The number of thiophene rings is 1. The van der Waals surface area contributed by atoms with E-state index in [1.807, 2.05) is 18.2 Å².